The van der Waals surface area contributed by atoms with Crippen molar-refractivity contribution in [1.29, 1.82) is 0 Å². The van der Waals surface area contributed by atoms with Crippen LogP contribution >= 0.6 is 34.9 Å². The van der Waals surface area contributed by atoms with E-state index in [0.717, 1.165) is 33.2 Å². The minimum atomic E-state index is -1.26. The van der Waals surface area contributed by atoms with Crippen LogP contribution in [0.3, 0.4) is 0 Å². The number of aliphatic carboxylic acids is 1. The molecule has 1 fully saturated rings. The summed E-state index contributed by atoms with van der Waals surface area (Å²) in [7, 11) is 0. The van der Waals surface area contributed by atoms with Gasteiger partial charge in [-0.15, -0.1) is 27.9 Å². The zero-order valence-corrected chi connectivity index (χ0v) is 31.3. The van der Waals surface area contributed by atoms with Gasteiger partial charge in [-0.25, -0.2) is 9.78 Å². The highest BCUT2D eigenvalue weighted by Crippen LogP contribution is 2.42. The number of thioether (sulfide) groups is 2. The van der Waals surface area contributed by atoms with Crippen LogP contribution in [0.25, 0.3) is 0 Å². The molecule has 0 aliphatic carbocycles. The van der Waals surface area contributed by atoms with Gasteiger partial charge in [0.05, 0.1) is 0 Å². The largest absolute Gasteiger partial charge is 0.477 e. The van der Waals surface area contributed by atoms with E-state index in [-0.39, 0.29) is 29.0 Å². The molecule has 1 saturated heterocycles. The molecule has 0 unspecified atom stereocenters. The number of tetrazole rings is 1. The number of rotatable bonds is 14. The predicted molar refractivity (Wildman–Crippen MR) is 206 cm³/mol. The second-order valence-corrected chi connectivity index (χ2v) is 15.3. The summed E-state index contributed by atoms with van der Waals surface area (Å²) >= 11 is 3.78. The van der Waals surface area contributed by atoms with Crippen molar-refractivity contribution in [1.82, 2.24) is 35.5 Å². The normalized spacial score (nSPS) is 17.2. The fourth-order valence-electron chi connectivity index (χ4n) is 6.18. The van der Waals surface area contributed by atoms with E-state index in [2.05, 4.69) is 67.7 Å². The van der Waals surface area contributed by atoms with Crippen LogP contribution in [-0.2, 0) is 24.8 Å². The minimum Gasteiger partial charge on any atom is -0.477 e. The Morgan fingerprint density at radius 2 is 1.65 bits per heavy atom. The van der Waals surface area contributed by atoms with Crippen LogP contribution in [0.5, 0.6) is 0 Å². The molecule has 7 rings (SSSR count). The van der Waals surface area contributed by atoms with E-state index >= 15 is 0 Å². The number of fused-ring (bicyclic) bond motifs is 1. The van der Waals surface area contributed by atoms with Crippen molar-refractivity contribution >= 4 is 63.5 Å². The number of hydrogen-bond donors (Lipinski definition) is 4. The number of benzene rings is 3. The molecule has 2 amide bonds. The molecule has 15 nitrogen and oxygen atoms in total. The van der Waals surface area contributed by atoms with Crippen LogP contribution < -0.4 is 16.5 Å². The third-order valence-corrected chi connectivity index (χ3v) is 11.7. The molecule has 2 aliphatic heterocycles. The lowest BCUT2D eigenvalue weighted by Crippen LogP contribution is -2.71. The summed E-state index contributed by atoms with van der Waals surface area (Å²) in [5.41, 5.74) is 2.53. The predicted octanol–water partition coefficient (Wildman–Crippen LogP) is 3.91. The summed E-state index contributed by atoms with van der Waals surface area (Å²) in [6.07, 6.45) is -0.357. The zero-order valence-electron chi connectivity index (χ0n) is 28.9. The van der Waals surface area contributed by atoms with Gasteiger partial charge >= 0.3 is 5.97 Å². The smallest absolute Gasteiger partial charge is 0.352 e. The van der Waals surface area contributed by atoms with E-state index in [4.69, 9.17) is 15.7 Å². The average Bonchev–Trinajstić information content (AvgIpc) is 3.83. The highest BCUT2D eigenvalue weighted by Gasteiger charge is 2.54. The number of anilines is 1. The van der Waals surface area contributed by atoms with Crippen molar-refractivity contribution < 1.29 is 24.3 Å². The van der Waals surface area contributed by atoms with Gasteiger partial charge in [0, 0.05) is 16.9 Å². The topological polar surface area (TPSA) is 203 Å². The number of nitrogen functional groups attached to an aromatic ring is 1. The number of nitrogens with one attached hydrogen (secondary N) is 2. The number of carboxylic acids is 1. The molecule has 0 radical (unpaired) electrons. The van der Waals surface area contributed by atoms with Crippen molar-refractivity contribution in [2.24, 2.45) is 5.16 Å². The number of carbonyl (C=O) groups is 3. The number of thiazole rings is 1. The molecule has 276 valence electrons. The molecule has 4 heterocycles. The van der Waals surface area contributed by atoms with Gasteiger partial charge in [0.1, 0.15) is 34.4 Å². The minimum absolute atomic E-state index is 0.129. The number of amides is 2. The summed E-state index contributed by atoms with van der Waals surface area (Å²) in [5, 5.41) is 33.5. The van der Waals surface area contributed by atoms with Crippen molar-refractivity contribution in [3.63, 3.8) is 0 Å². The molecular weight excluding hydrogens is 749 g/mol. The third-order valence-electron chi connectivity index (χ3n) is 8.61. The Kier molecular flexibility index (Phi) is 10.7. The van der Waals surface area contributed by atoms with E-state index in [1.807, 2.05) is 54.6 Å². The molecule has 0 spiro atoms. The van der Waals surface area contributed by atoms with Crippen molar-refractivity contribution in [2.75, 3.05) is 22.7 Å². The Morgan fingerprint density at radius 1 is 1.04 bits per heavy atom. The maximum absolute atomic E-state index is 14.0. The van der Waals surface area contributed by atoms with Gasteiger partial charge in [0.25, 0.3) is 11.8 Å². The van der Waals surface area contributed by atoms with Crippen molar-refractivity contribution in [3.8, 4) is 0 Å². The second kappa shape index (κ2) is 15.7. The molecule has 5 aromatic rings. The van der Waals surface area contributed by atoms with E-state index in [9.17, 15) is 19.5 Å². The Morgan fingerprint density at radius 3 is 2.19 bits per heavy atom. The van der Waals surface area contributed by atoms with Crippen LogP contribution in [0.15, 0.2) is 118 Å². The number of β-lactam (4-membered cyclic amide) rings is 1. The Bertz CT molecular complexity index is 2120. The lowest BCUT2D eigenvalue weighted by molar-refractivity contribution is -0.150. The molecule has 5 N–H and O–H groups in total. The number of carboxylic acid groups (broad SMARTS) is 1. The number of aromatic nitrogens is 5. The van der Waals surface area contributed by atoms with Crippen LogP contribution in [0, 0.1) is 0 Å². The summed E-state index contributed by atoms with van der Waals surface area (Å²) in [6.45, 7) is 3.55. The molecule has 2 atom stereocenters. The fourth-order valence-corrected chi connectivity index (χ4v) is 9.21. The van der Waals surface area contributed by atoms with Gasteiger partial charge in [0.15, 0.2) is 10.8 Å². The highest BCUT2D eigenvalue weighted by molar-refractivity contribution is 8.01. The van der Waals surface area contributed by atoms with Crippen molar-refractivity contribution in [3.05, 3.63) is 130 Å². The standard InChI is InChI=1S/C36H34N10O5S3/c1-21(2)51-42-27(30(47)39-28-31(48)45-29(33(49)50)22(18-52-32(28)45)19-54-35-41-43-44-46(35)37)26-20-53-34(38-26)40-36(23-12-6-3-7-13-23,24-14-8-4-9-15-24)25-16-10-5-11-17-25/h3-17,20-21,28,32H,18-19,37H2,1-2H3,(H,38,40)(H,39,47)(H,49,50)/b42-27-/t28-,32-/m1/s1. The molecule has 0 saturated carbocycles. The Hall–Kier alpha value is -5.72. The van der Waals surface area contributed by atoms with Gasteiger partial charge in [-0.1, -0.05) is 113 Å². The lowest BCUT2D eigenvalue weighted by Gasteiger charge is -2.49. The first kappa shape index (κ1) is 36.6. The molecule has 54 heavy (non-hydrogen) atoms. The summed E-state index contributed by atoms with van der Waals surface area (Å²) in [5.74, 6) is 3.68. The van der Waals surface area contributed by atoms with E-state index in [1.165, 1.54) is 28.0 Å². The molecular formula is C36H34N10O5S3. The van der Waals surface area contributed by atoms with Crippen LogP contribution in [0.2, 0.25) is 0 Å². The first-order chi connectivity index (χ1) is 26.2. The van der Waals surface area contributed by atoms with E-state index in [0.29, 0.717) is 21.6 Å². The average molecular weight is 783 g/mol. The number of carbonyl (C=O) groups excluding carboxylic acids is 2. The number of oxime groups is 1. The monoisotopic (exact) mass is 782 g/mol. The Balaban J connectivity index is 1.15. The van der Waals surface area contributed by atoms with Gasteiger partial charge in [-0.2, -0.15) is 0 Å². The SMILES string of the molecule is CC(C)O/N=C(\C(=O)N[C@@H]1C(=O)N2C(C(=O)O)=C(CSc3nnnn3N)CS[C@H]12)c1csc(NC(c2ccccc2)(c2ccccc2)c2ccccc2)n1. The molecule has 0 bridgehead atoms. The second-order valence-electron chi connectivity index (χ2n) is 12.4. The number of nitrogens with two attached hydrogens (primary N) is 1. The van der Waals surface area contributed by atoms with Crippen molar-refractivity contribution in [2.45, 2.75) is 42.1 Å². The first-order valence-corrected chi connectivity index (χ1v) is 19.6. The van der Waals surface area contributed by atoms with Gasteiger partial charge in [-0.05, 0) is 46.5 Å². The molecule has 3 aromatic carbocycles. The Labute approximate surface area is 322 Å². The van der Waals surface area contributed by atoms with E-state index in [1.54, 1.807) is 19.2 Å². The van der Waals surface area contributed by atoms with Crippen LogP contribution in [0.4, 0.5) is 5.13 Å². The number of hydrogen-bond acceptors (Lipinski definition) is 14. The third kappa shape index (κ3) is 7.14. The van der Waals surface area contributed by atoms with Crippen LogP contribution in [-0.4, -0.2) is 87.8 Å². The quantitative estimate of drug-likeness (QED) is 0.0316. The summed E-state index contributed by atoms with van der Waals surface area (Å²) < 4.78 is 0. The van der Waals surface area contributed by atoms with Gasteiger partial charge in [0.2, 0.25) is 5.16 Å². The maximum Gasteiger partial charge on any atom is 0.352 e. The molecule has 2 aliphatic rings. The molecule has 2 aromatic heterocycles. The summed E-state index contributed by atoms with van der Waals surface area (Å²) in [4.78, 5) is 52.4. The fraction of sp³-hybridized carbons (Fsp3) is 0.222. The zero-order chi connectivity index (χ0) is 37.8. The van der Waals surface area contributed by atoms with Crippen LogP contribution in [0.1, 0.15) is 36.2 Å². The van der Waals surface area contributed by atoms with Gasteiger partial charge < -0.3 is 26.4 Å². The van der Waals surface area contributed by atoms with Gasteiger partial charge in [-0.3, -0.25) is 14.5 Å². The first-order valence-electron chi connectivity index (χ1n) is 16.7. The maximum atomic E-state index is 14.0. The lowest BCUT2D eigenvalue weighted by atomic mass is 9.77. The number of nitrogens with zero attached hydrogens (tertiary/aromatic N) is 7. The van der Waals surface area contributed by atoms with E-state index < -0.39 is 34.7 Å². The molecule has 18 heteroatoms. The summed E-state index contributed by atoms with van der Waals surface area (Å²) in [6, 6.07) is 29.1. The highest BCUT2D eigenvalue weighted by atomic mass is 32.2.